The van der Waals surface area contributed by atoms with Crippen molar-refractivity contribution in [3.63, 3.8) is 0 Å². The lowest BCUT2D eigenvalue weighted by molar-refractivity contribution is 0.0940. The van der Waals surface area contributed by atoms with Crippen LogP contribution in [0, 0.1) is 25.7 Å². The van der Waals surface area contributed by atoms with Crippen LogP contribution in [-0.2, 0) is 7.05 Å². The van der Waals surface area contributed by atoms with Gasteiger partial charge in [0.15, 0.2) is 11.5 Å². The highest BCUT2D eigenvalue weighted by atomic mass is 16.2. The Bertz CT molecular complexity index is 2130. The predicted molar refractivity (Wildman–Crippen MR) is 159 cm³/mol. The van der Waals surface area contributed by atoms with Crippen molar-refractivity contribution in [3.8, 4) is 17.5 Å². The fraction of sp³-hybridized carbons (Fsp3) is 0.161. The molecule has 6 aromatic rings. The SMILES string of the molecule is Cc1cc(C)n2nc(N)c(C(=O)NC(C)c3nc4cccc(C#Cc5cnn(C)c5)c4c(=O)n3-c3ccccc3)c2n1. The van der Waals surface area contributed by atoms with Crippen molar-refractivity contribution in [1.82, 2.24) is 39.2 Å². The zero-order valence-electron chi connectivity index (χ0n) is 23.5. The summed E-state index contributed by atoms with van der Waals surface area (Å²) >= 11 is 0. The summed E-state index contributed by atoms with van der Waals surface area (Å²) in [6.45, 7) is 5.47. The number of fused-ring (bicyclic) bond motifs is 2. The Balaban J connectivity index is 1.47. The molecule has 1 amide bonds. The summed E-state index contributed by atoms with van der Waals surface area (Å²) in [6.07, 6.45) is 3.46. The molecule has 0 aliphatic carbocycles. The van der Waals surface area contributed by atoms with Gasteiger partial charge >= 0.3 is 0 Å². The van der Waals surface area contributed by atoms with Gasteiger partial charge in [0.1, 0.15) is 11.4 Å². The maximum absolute atomic E-state index is 14.2. The lowest BCUT2D eigenvalue weighted by Crippen LogP contribution is -2.33. The van der Waals surface area contributed by atoms with E-state index >= 15 is 0 Å². The Morgan fingerprint density at radius 2 is 1.83 bits per heavy atom. The molecule has 208 valence electrons. The Hall–Kier alpha value is -5.76. The second-order valence-corrected chi connectivity index (χ2v) is 10.0. The summed E-state index contributed by atoms with van der Waals surface area (Å²) in [5, 5.41) is 11.8. The summed E-state index contributed by atoms with van der Waals surface area (Å²) in [5.41, 5.74) is 10.3. The number of nitrogens with zero attached hydrogens (tertiary/aromatic N) is 7. The average molecular weight is 558 g/mol. The molecule has 3 N–H and O–H groups in total. The fourth-order valence-electron chi connectivity index (χ4n) is 4.98. The van der Waals surface area contributed by atoms with Gasteiger partial charge in [-0.1, -0.05) is 36.1 Å². The van der Waals surface area contributed by atoms with Gasteiger partial charge in [0.2, 0.25) is 0 Å². The van der Waals surface area contributed by atoms with Crippen LogP contribution in [0.1, 0.15) is 51.7 Å². The summed E-state index contributed by atoms with van der Waals surface area (Å²) < 4.78 is 4.72. The first-order valence-electron chi connectivity index (χ1n) is 13.3. The maximum atomic E-state index is 14.2. The molecule has 11 heteroatoms. The standard InChI is InChI=1S/C31H27N9O2/c1-18-15-19(2)40-29(34-18)26(27(32)37-40)30(41)35-20(3)28-36-24-12-8-9-22(14-13-21-16-33-38(4)17-21)25(24)31(42)39(28)23-10-6-5-7-11-23/h5-12,15-17,20H,1-4H3,(H2,32,37)(H,35,41). The number of rotatable bonds is 4. The van der Waals surface area contributed by atoms with Gasteiger partial charge in [-0.15, -0.1) is 5.10 Å². The molecule has 1 unspecified atom stereocenters. The van der Waals surface area contributed by atoms with E-state index in [1.165, 1.54) is 4.57 Å². The van der Waals surface area contributed by atoms with Crippen molar-refractivity contribution < 1.29 is 4.79 Å². The van der Waals surface area contributed by atoms with Gasteiger partial charge in [-0.25, -0.2) is 14.5 Å². The maximum Gasteiger partial charge on any atom is 0.267 e. The number of aromatic nitrogens is 7. The number of amides is 1. The van der Waals surface area contributed by atoms with Crippen molar-refractivity contribution in [2.24, 2.45) is 7.05 Å². The molecule has 4 aromatic heterocycles. The van der Waals surface area contributed by atoms with E-state index in [4.69, 9.17) is 10.7 Å². The van der Waals surface area contributed by atoms with Gasteiger partial charge in [-0.3, -0.25) is 18.8 Å². The van der Waals surface area contributed by atoms with Gasteiger partial charge in [-0.05, 0) is 51.1 Å². The second-order valence-electron chi connectivity index (χ2n) is 10.0. The third-order valence-corrected chi connectivity index (χ3v) is 6.87. The zero-order valence-corrected chi connectivity index (χ0v) is 23.5. The number of carbonyl (C=O) groups excluding carboxylic acids is 1. The normalized spacial score (nSPS) is 11.8. The van der Waals surface area contributed by atoms with Crippen LogP contribution in [0.25, 0.3) is 22.2 Å². The van der Waals surface area contributed by atoms with Crippen LogP contribution in [0.4, 0.5) is 5.82 Å². The third-order valence-electron chi connectivity index (χ3n) is 6.87. The smallest absolute Gasteiger partial charge is 0.267 e. The molecule has 42 heavy (non-hydrogen) atoms. The minimum Gasteiger partial charge on any atom is -0.381 e. The molecule has 0 saturated carbocycles. The van der Waals surface area contributed by atoms with Crippen LogP contribution in [0.5, 0.6) is 0 Å². The van der Waals surface area contributed by atoms with Gasteiger partial charge in [0, 0.05) is 30.2 Å². The van der Waals surface area contributed by atoms with Crippen LogP contribution in [0.15, 0.2) is 71.8 Å². The van der Waals surface area contributed by atoms with Crippen molar-refractivity contribution in [1.29, 1.82) is 0 Å². The third kappa shape index (κ3) is 4.65. The van der Waals surface area contributed by atoms with E-state index in [9.17, 15) is 9.59 Å². The number of benzene rings is 2. The monoisotopic (exact) mass is 557 g/mol. The van der Waals surface area contributed by atoms with Crippen molar-refractivity contribution in [2.75, 3.05) is 5.73 Å². The molecule has 0 aliphatic heterocycles. The highest BCUT2D eigenvalue weighted by Crippen LogP contribution is 2.23. The molecule has 0 spiro atoms. The first kappa shape index (κ1) is 26.5. The molecule has 0 fully saturated rings. The molecule has 0 bridgehead atoms. The number of para-hydroxylation sites is 1. The Morgan fingerprint density at radius 3 is 2.57 bits per heavy atom. The van der Waals surface area contributed by atoms with Gasteiger partial charge < -0.3 is 11.1 Å². The Labute approximate surface area is 240 Å². The number of aryl methyl sites for hydroxylation is 3. The Kier molecular flexibility index (Phi) is 6.51. The minimum atomic E-state index is -0.694. The van der Waals surface area contributed by atoms with E-state index in [0.717, 1.165) is 17.0 Å². The topological polar surface area (TPSA) is 138 Å². The molecule has 2 aromatic carbocycles. The molecular formula is C31H27N9O2. The van der Waals surface area contributed by atoms with Gasteiger partial charge in [0.25, 0.3) is 11.5 Å². The first-order chi connectivity index (χ1) is 20.2. The quantitative estimate of drug-likeness (QED) is 0.317. The highest BCUT2D eigenvalue weighted by Gasteiger charge is 2.25. The van der Waals surface area contributed by atoms with Crippen LogP contribution >= 0.6 is 0 Å². The number of nitrogen functional groups attached to an aromatic ring is 1. The lowest BCUT2D eigenvalue weighted by atomic mass is 10.1. The zero-order chi connectivity index (χ0) is 29.5. The predicted octanol–water partition coefficient (Wildman–Crippen LogP) is 3.25. The second kappa shape index (κ2) is 10.3. The number of nitrogens with two attached hydrogens (primary N) is 1. The summed E-state index contributed by atoms with van der Waals surface area (Å²) in [6, 6.07) is 15.7. The number of anilines is 1. The van der Waals surface area contributed by atoms with Crippen LogP contribution in [0.3, 0.4) is 0 Å². The largest absolute Gasteiger partial charge is 0.381 e. The molecule has 0 aliphatic rings. The Morgan fingerprint density at radius 1 is 1.05 bits per heavy atom. The molecular weight excluding hydrogens is 530 g/mol. The average Bonchev–Trinajstić information content (AvgIpc) is 3.53. The number of hydrogen-bond donors (Lipinski definition) is 2. The summed E-state index contributed by atoms with van der Waals surface area (Å²) in [7, 11) is 1.82. The number of carbonyl (C=O) groups is 1. The fourth-order valence-corrected chi connectivity index (χ4v) is 4.98. The molecule has 4 heterocycles. The van der Waals surface area contributed by atoms with Gasteiger partial charge in [0.05, 0.1) is 34.4 Å². The summed E-state index contributed by atoms with van der Waals surface area (Å²) in [4.78, 5) is 37.2. The molecule has 0 radical (unpaired) electrons. The highest BCUT2D eigenvalue weighted by molar-refractivity contribution is 6.04. The minimum absolute atomic E-state index is 0.0599. The van der Waals surface area contributed by atoms with Crippen LogP contribution in [-0.4, -0.2) is 39.8 Å². The van der Waals surface area contributed by atoms with Crippen molar-refractivity contribution in [3.05, 3.63) is 111 Å². The van der Waals surface area contributed by atoms with Crippen LogP contribution < -0.4 is 16.6 Å². The van der Waals surface area contributed by atoms with Gasteiger partial charge in [-0.2, -0.15) is 5.10 Å². The van der Waals surface area contributed by atoms with Crippen LogP contribution in [0.2, 0.25) is 0 Å². The summed E-state index contributed by atoms with van der Waals surface area (Å²) in [5.74, 6) is 6.12. The van der Waals surface area contributed by atoms with E-state index < -0.39 is 11.9 Å². The van der Waals surface area contributed by atoms with E-state index in [2.05, 4.69) is 32.3 Å². The van der Waals surface area contributed by atoms with E-state index in [0.29, 0.717) is 33.6 Å². The first-order valence-corrected chi connectivity index (χ1v) is 13.3. The van der Waals surface area contributed by atoms with E-state index in [-0.39, 0.29) is 16.9 Å². The van der Waals surface area contributed by atoms with E-state index in [1.54, 1.807) is 46.7 Å². The van der Waals surface area contributed by atoms with E-state index in [1.807, 2.05) is 57.3 Å². The number of nitrogens with one attached hydrogen (secondary N) is 1. The molecule has 11 nitrogen and oxygen atoms in total. The number of hydrogen-bond acceptors (Lipinski definition) is 7. The molecule has 1 atom stereocenters. The lowest BCUT2D eigenvalue weighted by Gasteiger charge is -2.20. The molecule has 0 saturated heterocycles. The van der Waals surface area contributed by atoms with Crippen molar-refractivity contribution >= 4 is 28.3 Å². The van der Waals surface area contributed by atoms with Crippen molar-refractivity contribution in [2.45, 2.75) is 26.8 Å². The molecule has 6 rings (SSSR count).